The highest BCUT2D eigenvalue weighted by Crippen LogP contribution is 2.29. The van der Waals surface area contributed by atoms with E-state index in [1.807, 2.05) is 4.98 Å². The van der Waals surface area contributed by atoms with Gasteiger partial charge in [-0.1, -0.05) is 15.9 Å². The van der Waals surface area contributed by atoms with E-state index in [-0.39, 0.29) is 10.9 Å². The van der Waals surface area contributed by atoms with Gasteiger partial charge in [-0.3, -0.25) is 4.79 Å². The maximum atomic E-state index is 12.3. The Hall–Kier alpha value is -0.780. The van der Waals surface area contributed by atoms with Gasteiger partial charge in [0.15, 0.2) is 0 Å². The largest absolute Gasteiger partial charge is 0.421 e. The summed E-state index contributed by atoms with van der Waals surface area (Å²) in [5.41, 5.74) is -2.30. The van der Waals surface area contributed by atoms with Gasteiger partial charge < -0.3 is 4.98 Å². The molecular formula is C7H5BrF3NO. The van der Waals surface area contributed by atoms with E-state index in [1.165, 1.54) is 12.3 Å². The summed E-state index contributed by atoms with van der Waals surface area (Å²) in [5.74, 6) is 0. The molecule has 1 rings (SSSR count). The third kappa shape index (κ3) is 2.12. The molecule has 0 spiro atoms. The molecule has 1 heterocycles. The number of aromatic nitrogens is 1. The Labute approximate surface area is 79.9 Å². The van der Waals surface area contributed by atoms with E-state index in [0.29, 0.717) is 0 Å². The molecule has 0 radical (unpaired) electrons. The molecule has 0 fully saturated rings. The Morgan fingerprint density at radius 3 is 2.46 bits per heavy atom. The van der Waals surface area contributed by atoms with Crippen molar-refractivity contribution in [3.8, 4) is 0 Å². The fraction of sp³-hybridized carbons (Fsp3) is 0.286. The van der Waals surface area contributed by atoms with Crippen LogP contribution in [0.3, 0.4) is 0 Å². The van der Waals surface area contributed by atoms with Crippen LogP contribution in [0, 0.1) is 0 Å². The molecule has 0 aliphatic rings. The smallest absolute Gasteiger partial charge is 0.329 e. The number of hydrogen-bond acceptors (Lipinski definition) is 1. The SMILES string of the molecule is O=c1[nH]ccc(CBr)c1C(F)(F)F. The Bertz CT molecular complexity index is 357. The molecule has 0 amide bonds. The molecule has 0 aromatic carbocycles. The first kappa shape index (κ1) is 10.3. The van der Waals surface area contributed by atoms with Gasteiger partial charge in [0.2, 0.25) is 0 Å². The van der Waals surface area contributed by atoms with Gasteiger partial charge in [0.25, 0.3) is 5.56 Å². The zero-order chi connectivity index (χ0) is 10.1. The van der Waals surface area contributed by atoms with Gasteiger partial charge >= 0.3 is 6.18 Å². The Kier molecular flexibility index (Phi) is 2.80. The second-order valence-electron chi connectivity index (χ2n) is 2.34. The predicted octanol–water partition coefficient (Wildman–Crippen LogP) is 2.29. The highest BCUT2D eigenvalue weighted by atomic mass is 79.9. The van der Waals surface area contributed by atoms with E-state index in [0.717, 1.165) is 0 Å². The lowest BCUT2D eigenvalue weighted by Gasteiger charge is -2.08. The zero-order valence-electron chi connectivity index (χ0n) is 6.28. The van der Waals surface area contributed by atoms with Crippen molar-refractivity contribution in [1.82, 2.24) is 4.98 Å². The van der Waals surface area contributed by atoms with Crippen LogP contribution in [0.15, 0.2) is 17.1 Å². The van der Waals surface area contributed by atoms with Gasteiger partial charge in [0.05, 0.1) is 0 Å². The van der Waals surface area contributed by atoms with Gasteiger partial charge in [0, 0.05) is 11.5 Å². The lowest BCUT2D eigenvalue weighted by Crippen LogP contribution is -2.23. The number of rotatable bonds is 1. The zero-order valence-corrected chi connectivity index (χ0v) is 7.87. The molecule has 0 aliphatic heterocycles. The highest BCUT2D eigenvalue weighted by Gasteiger charge is 2.36. The topological polar surface area (TPSA) is 32.9 Å². The molecule has 1 N–H and O–H groups in total. The summed E-state index contributed by atoms with van der Waals surface area (Å²) in [7, 11) is 0. The molecule has 2 nitrogen and oxygen atoms in total. The van der Waals surface area contributed by atoms with Crippen molar-refractivity contribution in [1.29, 1.82) is 0 Å². The molecule has 0 bridgehead atoms. The van der Waals surface area contributed by atoms with Gasteiger partial charge in [-0.2, -0.15) is 13.2 Å². The van der Waals surface area contributed by atoms with Crippen molar-refractivity contribution in [3.63, 3.8) is 0 Å². The molecule has 6 heteroatoms. The minimum absolute atomic E-state index is 0.00572. The van der Waals surface area contributed by atoms with Crippen molar-refractivity contribution >= 4 is 15.9 Å². The lowest BCUT2D eigenvalue weighted by molar-refractivity contribution is -0.139. The van der Waals surface area contributed by atoms with Gasteiger partial charge in [-0.25, -0.2) is 0 Å². The third-order valence-electron chi connectivity index (χ3n) is 1.47. The van der Waals surface area contributed by atoms with E-state index in [2.05, 4.69) is 15.9 Å². The van der Waals surface area contributed by atoms with Gasteiger partial charge in [0.1, 0.15) is 5.56 Å². The minimum atomic E-state index is -4.60. The van der Waals surface area contributed by atoms with E-state index < -0.39 is 17.3 Å². The van der Waals surface area contributed by atoms with Crippen molar-refractivity contribution in [2.45, 2.75) is 11.5 Å². The third-order valence-corrected chi connectivity index (χ3v) is 2.08. The lowest BCUT2D eigenvalue weighted by atomic mass is 10.1. The molecule has 1 aromatic heterocycles. The Morgan fingerprint density at radius 2 is 2.08 bits per heavy atom. The summed E-state index contributed by atoms with van der Waals surface area (Å²) in [6, 6.07) is 1.22. The molecule has 0 aliphatic carbocycles. The van der Waals surface area contributed by atoms with E-state index in [9.17, 15) is 18.0 Å². The predicted molar refractivity (Wildman–Crippen MR) is 44.7 cm³/mol. The fourth-order valence-electron chi connectivity index (χ4n) is 0.941. The maximum absolute atomic E-state index is 12.3. The van der Waals surface area contributed by atoms with Crippen LogP contribution in [0.4, 0.5) is 13.2 Å². The first-order valence-corrected chi connectivity index (χ1v) is 4.42. The van der Waals surface area contributed by atoms with Crippen LogP contribution in [-0.4, -0.2) is 4.98 Å². The average molecular weight is 256 g/mol. The highest BCUT2D eigenvalue weighted by molar-refractivity contribution is 9.08. The molecule has 72 valence electrons. The van der Waals surface area contributed by atoms with E-state index in [4.69, 9.17) is 0 Å². The van der Waals surface area contributed by atoms with Crippen LogP contribution < -0.4 is 5.56 Å². The van der Waals surface area contributed by atoms with Crippen LogP contribution in [0.25, 0.3) is 0 Å². The van der Waals surface area contributed by atoms with Crippen molar-refractivity contribution in [2.75, 3.05) is 0 Å². The number of halogens is 4. The van der Waals surface area contributed by atoms with Gasteiger partial charge in [-0.05, 0) is 11.6 Å². The molecule has 0 atom stereocenters. The summed E-state index contributed by atoms with van der Waals surface area (Å²) < 4.78 is 36.8. The molecule has 13 heavy (non-hydrogen) atoms. The summed E-state index contributed by atoms with van der Waals surface area (Å²) >= 11 is 2.88. The summed E-state index contributed by atoms with van der Waals surface area (Å²) in [6.45, 7) is 0. The van der Waals surface area contributed by atoms with E-state index >= 15 is 0 Å². The van der Waals surface area contributed by atoms with Gasteiger partial charge in [-0.15, -0.1) is 0 Å². The Morgan fingerprint density at radius 1 is 1.46 bits per heavy atom. The molecule has 0 saturated heterocycles. The normalized spacial score (nSPS) is 11.7. The van der Waals surface area contributed by atoms with Crippen LogP contribution in [0.2, 0.25) is 0 Å². The average Bonchev–Trinajstić information content (AvgIpc) is 2.01. The first-order valence-electron chi connectivity index (χ1n) is 3.30. The van der Waals surface area contributed by atoms with Crippen LogP contribution in [0.5, 0.6) is 0 Å². The second kappa shape index (κ2) is 3.53. The standard InChI is InChI=1S/C7H5BrF3NO/c8-3-4-1-2-12-6(13)5(4)7(9,10)11/h1-2H,3H2,(H,12,13). The second-order valence-corrected chi connectivity index (χ2v) is 2.90. The molecular weight excluding hydrogens is 251 g/mol. The van der Waals surface area contributed by atoms with Crippen molar-refractivity contribution in [3.05, 3.63) is 33.7 Å². The van der Waals surface area contributed by atoms with Crippen LogP contribution in [0.1, 0.15) is 11.1 Å². The summed E-state index contributed by atoms with van der Waals surface area (Å²) in [5, 5.41) is 0.00572. The minimum Gasteiger partial charge on any atom is -0.329 e. The summed E-state index contributed by atoms with van der Waals surface area (Å²) in [4.78, 5) is 12.8. The monoisotopic (exact) mass is 255 g/mol. The number of aromatic amines is 1. The number of H-pyrrole nitrogens is 1. The summed E-state index contributed by atoms with van der Waals surface area (Å²) in [6.07, 6.45) is -3.41. The van der Waals surface area contributed by atoms with Crippen LogP contribution in [-0.2, 0) is 11.5 Å². The number of pyridine rings is 1. The van der Waals surface area contributed by atoms with E-state index in [1.54, 1.807) is 0 Å². The first-order chi connectivity index (χ1) is 5.96. The Balaban J connectivity index is 3.41. The van der Waals surface area contributed by atoms with Crippen LogP contribution >= 0.6 is 15.9 Å². The molecule has 0 saturated carbocycles. The molecule has 0 unspecified atom stereocenters. The van der Waals surface area contributed by atoms with Crippen molar-refractivity contribution < 1.29 is 13.2 Å². The number of nitrogens with one attached hydrogen (secondary N) is 1. The number of alkyl halides is 4. The maximum Gasteiger partial charge on any atom is 0.421 e. The molecule has 1 aromatic rings. The van der Waals surface area contributed by atoms with Crippen molar-refractivity contribution in [2.24, 2.45) is 0 Å². The number of hydrogen-bond donors (Lipinski definition) is 1. The quantitative estimate of drug-likeness (QED) is 0.768. The fourth-order valence-corrected chi connectivity index (χ4v) is 1.41.